The Morgan fingerprint density at radius 1 is 0.967 bits per heavy atom. The van der Waals surface area contributed by atoms with Crippen LogP contribution in [0.25, 0.3) is 16.4 Å². The van der Waals surface area contributed by atoms with Crippen LogP contribution in [0.15, 0.2) is 62.7 Å². The molecule has 1 N–H and O–H groups in total. The summed E-state index contributed by atoms with van der Waals surface area (Å²) >= 11 is 0. The molecule has 0 fully saturated rings. The third-order valence-corrected chi connectivity index (χ3v) is 5.77. The molecule has 2 heterocycles. The van der Waals surface area contributed by atoms with Crippen molar-refractivity contribution in [1.29, 1.82) is 0 Å². The number of hydrogen-bond acceptors (Lipinski definition) is 2. The van der Waals surface area contributed by atoms with Gasteiger partial charge in [-0.3, -0.25) is 9.20 Å². The molecule has 0 atom stereocenters. The van der Waals surface area contributed by atoms with Gasteiger partial charge in [0.25, 0.3) is 0 Å². The third-order valence-electron chi connectivity index (χ3n) is 5.77. The fourth-order valence-electron chi connectivity index (χ4n) is 3.98. The summed E-state index contributed by atoms with van der Waals surface area (Å²) in [6.07, 6.45) is 11.5. The molecule has 3 aromatic rings. The zero-order valence-electron chi connectivity index (χ0n) is 18.8. The Bertz CT molecular complexity index is 1250. The molecule has 0 saturated heterocycles. The molecule has 0 amide bonds. The molecule has 158 valence electrons. The standard InChI is InChI=1S/C26H32N2O2/c1-17(2)9-6-10-18(3)11-7-12-19(4)15-16-21-20(5)28-24-22(25(21)29)13-8-14-23(24)27-26(28)30/h8-9,11,13-15H,6-7,10,12,16H2,1-5H3,(H,27,30)/b18-11+,19-15+. The first-order valence-electron chi connectivity index (χ1n) is 10.7. The van der Waals surface area contributed by atoms with Crippen molar-refractivity contribution in [3.8, 4) is 0 Å². The van der Waals surface area contributed by atoms with Crippen LogP contribution in [0.4, 0.5) is 0 Å². The van der Waals surface area contributed by atoms with Crippen LogP contribution in [0, 0.1) is 6.92 Å². The fourth-order valence-corrected chi connectivity index (χ4v) is 3.98. The Morgan fingerprint density at radius 3 is 2.33 bits per heavy atom. The zero-order chi connectivity index (χ0) is 21.8. The highest BCUT2D eigenvalue weighted by molar-refractivity contribution is 5.94. The number of aryl methyl sites for hydroxylation is 1. The lowest BCUT2D eigenvalue weighted by Crippen LogP contribution is -2.20. The van der Waals surface area contributed by atoms with Crippen molar-refractivity contribution in [3.05, 3.63) is 85.1 Å². The van der Waals surface area contributed by atoms with E-state index < -0.39 is 0 Å². The molecule has 1 aromatic carbocycles. The summed E-state index contributed by atoms with van der Waals surface area (Å²) < 4.78 is 1.64. The topological polar surface area (TPSA) is 54.3 Å². The minimum atomic E-state index is -0.186. The van der Waals surface area contributed by atoms with E-state index in [4.69, 9.17) is 0 Å². The van der Waals surface area contributed by atoms with Crippen molar-refractivity contribution in [2.75, 3.05) is 0 Å². The molecular formula is C26H32N2O2. The number of H-pyrrole nitrogens is 1. The molecule has 3 rings (SSSR count). The Kier molecular flexibility index (Phi) is 6.76. The largest absolute Gasteiger partial charge is 0.330 e. The summed E-state index contributed by atoms with van der Waals surface area (Å²) in [5, 5.41) is 0.604. The monoisotopic (exact) mass is 404 g/mol. The summed E-state index contributed by atoms with van der Waals surface area (Å²) in [5.74, 6) is 0. The third kappa shape index (κ3) is 4.64. The highest BCUT2D eigenvalue weighted by Gasteiger charge is 2.16. The van der Waals surface area contributed by atoms with Crippen molar-refractivity contribution in [1.82, 2.24) is 9.38 Å². The minimum Gasteiger partial charge on any atom is -0.305 e. The maximum Gasteiger partial charge on any atom is 0.330 e. The Balaban J connectivity index is 1.74. The van der Waals surface area contributed by atoms with Gasteiger partial charge in [-0.2, -0.15) is 0 Å². The van der Waals surface area contributed by atoms with Crippen LogP contribution < -0.4 is 11.1 Å². The van der Waals surface area contributed by atoms with E-state index in [0.29, 0.717) is 28.4 Å². The Morgan fingerprint density at radius 2 is 1.63 bits per heavy atom. The van der Waals surface area contributed by atoms with E-state index in [1.54, 1.807) is 10.5 Å². The molecule has 0 aliphatic rings. The molecule has 0 radical (unpaired) electrons. The van der Waals surface area contributed by atoms with Crippen molar-refractivity contribution in [3.63, 3.8) is 0 Å². The average molecular weight is 405 g/mol. The molecule has 0 aliphatic heterocycles. The maximum atomic E-state index is 13.1. The van der Waals surface area contributed by atoms with Crippen LogP contribution in [0.3, 0.4) is 0 Å². The second-order valence-electron chi connectivity index (χ2n) is 8.52. The van der Waals surface area contributed by atoms with Crippen LogP contribution in [-0.2, 0) is 6.42 Å². The van der Waals surface area contributed by atoms with E-state index >= 15 is 0 Å². The SMILES string of the molecule is CC(C)=CCC/C(C)=C/CC/C(C)=C/Cc1c(C)n2c(=O)[nH]c3cccc(c1=O)c32. The van der Waals surface area contributed by atoms with Crippen molar-refractivity contribution < 1.29 is 0 Å². The maximum absolute atomic E-state index is 13.1. The van der Waals surface area contributed by atoms with Gasteiger partial charge in [0.05, 0.1) is 11.0 Å². The van der Waals surface area contributed by atoms with E-state index in [2.05, 4.69) is 50.9 Å². The van der Waals surface area contributed by atoms with Crippen molar-refractivity contribution >= 4 is 16.4 Å². The molecule has 0 spiro atoms. The number of imidazole rings is 1. The smallest absolute Gasteiger partial charge is 0.305 e. The number of aromatic nitrogens is 2. The minimum absolute atomic E-state index is 0.0242. The van der Waals surface area contributed by atoms with Crippen LogP contribution in [0.2, 0.25) is 0 Å². The molecule has 0 aliphatic carbocycles. The molecule has 4 heteroatoms. The van der Waals surface area contributed by atoms with Gasteiger partial charge in [-0.1, -0.05) is 41.0 Å². The second kappa shape index (κ2) is 9.29. The van der Waals surface area contributed by atoms with Crippen molar-refractivity contribution in [2.45, 2.75) is 66.7 Å². The van der Waals surface area contributed by atoms with Gasteiger partial charge in [-0.15, -0.1) is 0 Å². The van der Waals surface area contributed by atoms with Gasteiger partial charge in [0, 0.05) is 16.6 Å². The number of nitrogens with one attached hydrogen (secondary N) is 1. The molecule has 0 bridgehead atoms. The van der Waals surface area contributed by atoms with Crippen LogP contribution in [0.5, 0.6) is 0 Å². The highest BCUT2D eigenvalue weighted by Crippen LogP contribution is 2.19. The van der Waals surface area contributed by atoms with Gasteiger partial charge in [0.15, 0.2) is 5.43 Å². The Labute approximate surface area is 178 Å². The predicted octanol–water partition coefficient (Wildman–Crippen LogP) is 5.85. The van der Waals surface area contributed by atoms with Crippen molar-refractivity contribution in [2.24, 2.45) is 0 Å². The van der Waals surface area contributed by atoms with E-state index in [9.17, 15) is 9.59 Å². The number of benzene rings is 1. The number of aromatic amines is 1. The first kappa shape index (κ1) is 21.8. The summed E-state index contributed by atoms with van der Waals surface area (Å²) in [4.78, 5) is 28.3. The van der Waals surface area contributed by atoms with Crippen LogP contribution >= 0.6 is 0 Å². The first-order chi connectivity index (χ1) is 14.3. The number of allylic oxidation sites excluding steroid dienone is 6. The van der Waals surface area contributed by atoms with E-state index in [1.165, 1.54) is 16.7 Å². The predicted molar refractivity (Wildman–Crippen MR) is 127 cm³/mol. The number of para-hydroxylation sites is 1. The van der Waals surface area contributed by atoms with Gasteiger partial charge in [-0.05, 0) is 78.9 Å². The number of pyridine rings is 1. The van der Waals surface area contributed by atoms with Gasteiger partial charge in [-0.25, -0.2) is 4.79 Å². The molecule has 2 aromatic heterocycles. The molecule has 4 nitrogen and oxygen atoms in total. The fraction of sp³-hybridized carbons (Fsp3) is 0.385. The molecule has 0 saturated carbocycles. The van der Waals surface area contributed by atoms with Gasteiger partial charge < -0.3 is 4.98 Å². The summed E-state index contributed by atoms with van der Waals surface area (Å²) in [5.41, 5.74) is 6.74. The summed E-state index contributed by atoms with van der Waals surface area (Å²) in [6, 6.07) is 5.46. The molecular weight excluding hydrogens is 372 g/mol. The van der Waals surface area contributed by atoms with E-state index in [1.807, 2.05) is 19.1 Å². The molecule has 0 unspecified atom stereocenters. The van der Waals surface area contributed by atoms with Gasteiger partial charge >= 0.3 is 5.69 Å². The lowest BCUT2D eigenvalue weighted by molar-refractivity contribution is 0.911. The van der Waals surface area contributed by atoms with Gasteiger partial charge in [0.2, 0.25) is 0 Å². The highest BCUT2D eigenvalue weighted by atomic mass is 16.1. The lowest BCUT2D eigenvalue weighted by atomic mass is 10.0. The number of rotatable bonds is 8. The van der Waals surface area contributed by atoms with Crippen LogP contribution in [0.1, 0.15) is 64.6 Å². The average Bonchev–Trinajstić information content (AvgIpc) is 3.02. The number of hydrogen-bond donors (Lipinski definition) is 1. The van der Waals surface area contributed by atoms with Gasteiger partial charge in [0.1, 0.15) is 0 Å². The Hall–Kier alpha value is -2.88. The summed E-state index contributed by atoms with van der Waals surface area (Å²) in [7, 11) is 0. The zero-order valence-corrected chi connectivity index (χ0v) is 18.8. The second-order valence-corrected chi connectivity index (χ2v) is 8.52. The quantitative estimate of drug-likeness (QED) is 0.479. The molecule has 30 heavy (non-hydrogen) atoms. The van der Waals surface area contributed by atoms with Crippen LogP contribution in [-0.4, -0.2) is 9.38 Å². The van der Waals surface area contributed by atoms with E-state index in [0.717, 1.165) is 31.4 Å². The normalized spacial score (nSPS) is 12.8. The lowest BCUT2D eigenvalue weighted by Gasteiger charge is -2.08. The first-order valence-corrected chi connectivity index (χ1v) is 10.7. The number of nitrogens with zero attached hydrogens (tertiary/aromatic N) is 1. The van der Waals surface area contributed by atoms with E-state index in [-0.39, 0.29) is 11.1 Å². The summed E-state index contributed by atoms with van der Waals surface area (Å²) in [6.45, 7) is 10.4.